The van der Waals surface area contributed by atoms with Crippen LogP contribution < -0.4 is 5.32 Å². The molecule has 1 aliphatic carbocycles. The van der Waals surface area contributed by atoms with Gasteiger partial charge in [-0.3, -0.25) is 10.1 Å². The summed E-state index contributed by atoms with van der Waals surface area (Å²) in [5, 5.41) is 15.3. The average molecular weight is 301 g/mol. The third kappa shape index (κ3) is 3.59. The number of nitro benzene ring substituents is 1. The summed E-state index contributed by atoms with van der Waals surface area (Å²) in [7, 11) is 0. The minimum atomic E-state index is -0.354. The molecule has 0 saturated heterocycles. The Morgan fingerprint density at radius 2 is 2.10 bits per heavy atom. The molecule has 3 rings (SSSR count). The summed E-state index contributed by atoms with van der Waals surface area (Å²) in [5.74, 6) is 0. The lowest BCUT2D eigenvalue weighted by Crippen LogP contribution is -2.16. The zero-order valence-electron chi connectivity index (χ0n) is 11.4. The molecule has 1 aliphatic rings. The Balaban J connectivity index is 1.82. The molecule has 0 spiro atoms. The highest BCUT2D eigenvalue weighted by Crippen LogP contribution is 2.35. The molecule has 0 unspecified atom stereocenters. The molecule has 0 aliphatic heterocycles. The Bertz CT molecular complexity index is 659. The molecule has 0 amide bonds. The second-order valence-electron chi connectivity index (χ2n) is 4.95. The van der Waals surface area contributed by atoms with E-state index >= 15 is 0 Å². The second-order valence-corrected chi connectivity index (χ2v) is 5.98. The van der Waals surface area contributed by atoms with Crippen LogP contribution in [0.2, 0.25) is 0 Å². The molecule has 6 heteroatoms. The molecule has 108 valence electrons. The van der Waals surface area contributed by atoms with Gasteiger partial charge in [0, 0.05) is 24.8 Å². The van der Waals surface area contributed by atoms with E-state index in [-0.39, 0.29) is 10.6 Å². The maximum Gasteiger partial charge on any atom is 0.283 e. The number of hydrogen-bond donors (Lipinski definition) is 1. The van der Waals surface area contributed by atoms with Crippen molar-refractivity contribution in [2.45, 2.75) is 35.3 Å². The van der Waals surface area contributed by atoms with Crippen LogP contribution in [0, 0.1) is 10.1 Å². The molecule has 1 saturated carbocycles. The predicted octanol–water partition coefficient (Wildman–Crippen LogP) is 3.39. The lowest BCUT2D eigenvalue weighted by Gasteiger charge is -2.09. The SMILES string of the molecule is O=[N+]([O-])c1ccccc1Sc1ncccc1CNC1CC1. The smallest absolute Gasteiger partial charge is 0.283 e. The average Bonchev–Trinajstić information content (AvgIpc) is 3.31. The van der Waals surface area contributed by atoms with Gasteiger partial charge >= 0.3 is 0 Å². The van der Waals surface area contributed by atoms with Crippen molar-refractivity contribution in [2.75, 3.05) is 0 Å². The fraction of sp³-hybridized carbons (Fsp3) is 0.267. The number of aromatic nitrogens is 1. The van der Waals surface area contributed by atoms with Crippen molar-refractivity contribution < 1.29 is 4.92 Å². The van der Waals surface area contributed by atoms with E-state index in [0.29, 0.717) is 10.9 Å². The van der Waals surface area contributed by atoms with Crippen molar-refractivity contribution >= 4 is 17.4 Å². The van der Waals surface area contributed by atoms with E-state index in [1.807, 2.05) is 12.1 Å². The number of nitro groups is 1. The second kappa shape index (κ2) is 6.24. The van der Waals surface area contributed by atoms with E-state index in [0.717, 1.165) is 17.1 Å². The Hall–Kier alpha value is -1.92. The quantitative estimate of drug-likeness (QED) is 0.654. The maximum atomic E-state index is 11.1. The number of para-hydroxylation sites is 1. The number of pyridine rings is 1. The van der Waals surface area contributed by atoms with Crippen LogP contribution in [0.3, 0.4) is 0 Å². The highest BCUT2D eigenvalue weighted by molar-refractivity contribution is 7.99. The van der Waals surface area contributed by atoms with Crippen molar-refractivity contribution in [3.8, 4) is 0 Å². The topological polar surface area (TPSA) is 68.1 Å². The molecule has 0 atom stereocenters. The molecule has 1 aromatic heterocycles. The Morgan fingerprint density at radius 1 is 1.29 bits per heavy atom. The van der Waals surface area contributed by atoms with Gasteiger partial charge in [-0.05, 0) is 30.5 Å². The summed E-state index contributed by atoms with van der Waals surface area (Å²) >= 11 is 1.35. The standard InChI is InChI=1S/C15H15N3O2S/c19-18(20)13-5-1-2-6-14(13)21-15-11(4-3-9-16-15)10-17-12-7-8-12/h1-6,9,12,17H,7-8,10H2. The fourth-order valence-electron chi connectivity index (χ4n) is 1.99. The van der Waals surface area contributed by atoms with Crippen LogP contribution in [0.15, 0.2) is 52.5 Å². The zero-order chi connectivity index (χ0) is 14.7. The number of rotatable bonds is 6. The van der Waals surface area contributed by atoms with Crippen LogP contribution in [0.1, 0.15) is 18.4 Å². The molecule has 5 nitrogen and oxygen atoms in total. The van der Waals surface area contributed by atoms with Crippen molar-refractivity contribution in [1.82, 2.24) is 10.3 Å². The summed E-state index contributed by atoms with van der Waals surface area (Å²) in [4.78, 5) is 15.7. The number of nitrogens with one attached hydrogen (secondary N) is 1. The summed E-state index contributed by atoms with van der Waals surface area (Å²) in [6.45, 7) is 0.751. The van der Waals surface area contributed by atoms with Gasteiger partial charge in [-0.25, -0.2) is 4.98 Å². The molecule has 1 fully saturated rings. The van der Waals surface area contributed by atoms with Gasteiger partial charge in [-0.2, -0.15) is 0 Å². The van der Waals surface area contributed by atoms with E-state index in [9.17, 15) is 10.1 Å². The lowest BCUT2D eigenvalue weighted by molar-refractivity contribution is -0.387. The van der Waals surface area contributed by atoms with E-state index < -0.39 is 0 Å². The van der Waals surface area contributed by atoms with Crippen molar-refractivity contribution in [2.24, 2.45) is 0 Å². The Labute approximate surface area is 126 Å². The molecule has 2 aromatic rings. The van der Waals surface area contributed by atoms with Crippen molar-refractivity contribution in [1.29, 1.82) is 0 Å². The van der Waals surface area contributed by atoms with Crippen LogP contribution in [-0.4, -0.2) is 15.9 Å². The maximum absolute atomic E-state index is 11.1. The molecule has 21 heavy (non-hydrogen) atoms. The Kier molecular flexibility index (Phi) is 4.17. The van der Waals surface area contributed by atoms with Crippen LogP contribution in [0.4, 0.5) is 5.69 Å². The van der Waals surface area contributed by atoms with E-state index in [1.54, 1.807) is 24.4 Å². The van der Waals surface area contributed by atoms with E-state index in [4.69, 9.17) is 0 Å². The third-order valence-corrected chi connectivity index (χ3v) is 4.40. The third-order valence-electron chi connectivity index (χ3n) is 3.28. The molecule has 1 heterocycles. The number of benzene rings is 1. The van der Waals surface area contributed by atoms with Crippen molar-refractivity contribution in [3.63, 3.8) is 0 Å². The van der Waals surface area contributed by atoms with Gasteiger partial charge in [0.25, 0.3) is 5.69 Å². The number of nitrogens with zero attached hydrogens (tertiary/aromatic N) is 2. The van der Waals surface area contributed by atoms with Gasteiger partial charge in [0.05, 0.1) is 9.82 Å². The molecular weight excluding hydrogens is 286 g/mol. The van der Waals surface area contributed by atoms with Crippen LogP contribution in [0.5, 0.6) is 0 Å². The monoisotopic (exact) mass is 301 g/mol. The molecule has 1 aromatic carbocycles. The van der Waals surface area contributed by atoms with Gasteiger partial charge < -0.3 is 5.32 Å². The summed E-state index contributed by atoms with van der Waals surface area (Å²) in [5.41, 5.74) is 1.20. The van der Waals surface area contributed by atoms with Crippen LogP contribution in [-0.2, 0) is 6.54 Å². The first-order valence-electron chi connectivity index (χ1n) is 6.82. The van der Waals surface area contributed by atoms with Crippen LogP contribution in [0.25, 0.3) is 0 Å². The van der Waals surface area contributed by atoms with Gasteiger partial charge in [0.15, 0.2) is 0 Å². The molecule has 1 N–H and O–H groups in total. The summed E-state index contributed by atoms with van der Waals surface area (Å²) in [6.07, 6.45) is 4.18. The normalized spacial score (nSPS) is 14.1. The molecule has 0 bridgehead atoms. The van der Waals surface area contributed by atoms with Crippen molar-refractivity contribution in [3.05, 3.63) is 58.3 Å². The largest absolute Gasteiger partial charge is 0.310 e. The first kappa shape index (κ1) is 14.0. The predicted molar refractivity (Wildman–Crippen MR) is 81.3 cm³/mol. The van der Waals surface area contributed by atoms with Gasteiger partial charge in [0.2, 0.25) is 0 Å². The highest BCUT2D eigenvalue weighted by atomic mass is 32.2. The molecule has 0 radical (unpaired) electrons. The van der Waals surface area contributed by atoms with E-state index in [1.165, 1.54) is 30.7 Å². The Morgan fingerprint density at radius 3 is 2.86 bits per heavy atom. The lowest BCUT2D eigenvalue weighted by atomic mass is 10.3. The first-order chi connectivity index (χ1) is 10.2. The summed E-state index contributed by atoms with van der Waals surface area (Å²) < 4.78 is 0. The zero-order valence-corrected chi connectivity index (χ0v) is 12.2. The van der Waals surface area contributed by atoms with Crippen LogP contribution >= 0.6 is 11.8 Å². The minimum absolute atomic E-state index is 0.120. The highest BCUT2D eigenvalue weighted by Gasteiger charge is 2.21. The molecular formula is C15H15N3O2S. The fourth-order valence-corrected chi connectivity index (χ4v) is 2.98. The van der Waals surface area contributed by atoms with E-state index in [2.05, 4.69) is 10.3 Å². The van der Waals surface area contributed by atoms with Gasteiger partial charge in [0.1, 0.15) is 5.03 Å². The minimum Gasteiger partial charge on any atom is -0.310 e. The van der Waals surface area contributed by atoms with Gasteiger partial charge in [-0.15, -0.1) is 0 Å². The van der Waals surface area contributed by atoms with Gasteiger partial charge in [-0.1, -0.05) is 30.0 Å². The number of hydrogen-bond acceptors (Lipinski definition) is 5. The first-order valence-corrected chi connectivity index (χ1v) is 7.64. The summed E-state index contributed by atoms with van der Waals surface area (Å²) in [6, 6.07) is 11.3.